The fourth-order valence-corrected chi connectivity index (χ4v) is 2.83. The molecule has 0 aliphatic carbocycles. The molecule has 7 nitrogen and oxygen atoms in total. The Morgan fingerprint density at radius 1 is 1.41 bits per heavy atom. The second-order valence-electron chi connectivity index (χ2n) is 4.70. The average molecular weight is 332 g/mol. The minimum absolute atomic E-state index is 0.398. The van der Waals surface area contributed by atoms with Crippen LogP contribution < -0.4 is 4.74 Å². The lowest BCUT2D eigenvalue weighted by Gasteiger charge is -2.26. The molecule has 0 radical (unpaired) electrons. The highest BCUT2D eigenvalue weighted by Gasteiger charge is 2.33. The van der Waals surface area contributed by atoms with Crippen LogP contribution in [0.25, 0.3) is 0 Å². The van der Waals surface area contributed by atoms with Crippen LogP contribution in [0.4, 0.5) is 4.39 Å². The summed E-state index contributed by atoms with van der Waals surface area (Å²) < 4.78 is 50.0. The maximum Gasteiger partial charge on any atom is 0.451 e. The first kappa shape index (κ1) is 16.5. The van der Waals surface area contributed by atoms with Gasteiger partial charge in [0.1, 0.15) is 11.6 Å². The van der Waals surface area contributed by atoms with Gasteiger partial charge in [0, 0.05) is 12.1 Å². The first-order chi connectivity index (χ1) is 10.4. The third-order valence-electron chi connectivity index (χ3n) is 3.45. The molecule has 0 amide bonds. The first-order valence-electron chi connectivity index (χ1n) is 6.56. The molecule has 0 spiro atoms. The summed E-state index contributed by atoms with van der Waals surface area (Å²) in [6.45, 7) is 0.419. The monoisotopic (exact) mass is 332 g/mol. The zero-order valence-electron chi connectivity index (χ0n) is 12.2. The molecule has 1 heterocycles. The highest BCUT2D eigenvalue weighted by atomic mass is 32.3. The van der Waals surface area contributed by atoms with Crippen LogP contribution in [0.15, 0.2) is 18.2 Å². The number of nitrogens with one attached hydrogen (secondary N) is 1. The van der Waals surface area contributed by atoms with Crippen molar-refractivity contribution in [1.29, 1.82) is 5.41 Å². The van der Waals surface area contributed by atoms with Gasteiger partial charge in [0.05, 0.1) is 20.3 Å². The standard InChI is InChI=1S/C13H17FN2O5S/c1-19-12-6-5-9(14)8-10(12)11-4-3-7-16(11)13(15)21-22(17,18)20-2/h5-6,8,11,15H,3-4,7H2,1-2H3/t11-/m1/s1. The van der Waals surface area contributed by atoms with Gasteiger partial charge in [-0.1, -0.05) is 0 Å². The van der Waals surface area contributed by atoms with Crippen LogP contribution in [-0.4, -0.2) is 40.1 Å². The van der Waals surface area contributed by atoms with Gasteiger partial charge in [0.2, 0.25) is 0 Å². The van der Waals surface area contributed by atoms with E-state index in [0.717, 1.165) is 7.11 Å². The molecule has 0 aromatic heterocycles. The molecule has 122 valence electrons. The van der Waals surface area contributed by atoms with Crippen LogP contribution in [0.3, 0.4) is 0 Å². The molecule has 1 aromatic rings. The van der Waals surface area contributed by atoms with Gasteiger partial charge in [-0.2, -0.15) is 8.42 Å². The van der Waals surface area contributed by atoms with E-state index in [0.29, 0.717) is 30.7 Å². The van der Waals surface area contributed by atoms with Crippen molar-refractivity contribution in [2.75, 3.05) is 20.8 Å². The number of amidine groups is 1. The molecule has 2 rings (SSSR count). The zero-order chi connectivity index (χ0) is 16.3. The quantitative estimate of drug-likeness (QED) is 0.668. The van der Waals surface area contributed by atoms with Gasteiger partial charge >= 0.3 is 16.4 Å². The van der Waals surface area contributed by atoms with Crippen molar-refractivity contribution < 1.29 is 25.9 Å². The van der Waals surface area contributed by atoms with Crippen molar-refractivity contribution >= 4 is 16.4 Å². The van der Waals surface area contributed by atoms with Crippen LogP contribution in [0.2, 0.25) is 0 Å². The van der Waals surface area contributed by atoms with E-state index in [1.165, 1.54) is 30.2 Å². The smallest absolute Gasteiger partial charge is 0.451 e. The molecule has 1 aliphatic heterocycles. The average Bonchev–Trinajstić information content (AvgIpc) is 2.96. The van der Waals surface area contributed by atoms with Gasteiger partial charge in [-0.25, -0.2) is 8.57 Å². The number of ether oxygens (including phenoxy) is 1. The van der Waals surface area contributed by atoms with Gasteiger partial charge in [-0.3, -0.25) is 5.41 Å². The number of methoxy groups -OCH3 is 1. The summed E-state index contributed by atoms with van der Waals surface area (Å²) in [6, 6.07) is 3.14. The van der Waals surface area contributed by atoms with Gasteiger partial charge in [-0.15, -0.1) is 0 Å². The highest BCUT2D eigenvalue weighted by molar-refractivity contribution is 7.82. The molecule has 0 unspecified atom stereocenters. The maximum absolute atomic E-state index is 13.5. The van der Waals surface area contributed by atoms with Gasteiger partial charge in [0.25, 0.3) is 0 Å². The third-order valence-corrected chi connectivity index (χ3v) is 4.22. The van der Waals surface area contributed by atoms with E-state index in [1.54, 1.807) is 0 Å². The normalized spacial score (nSPS) is 18.3. The van der Waals surface area contributed by atoms with Crippen molar-refractivity contribution in [3.05, 3.63) is 29.6 Å². The summed E-state index contributed by atoms with van der Waals surface area (Å²) in [7, 11) is -1.85. The summed E-state index contributed by atoms with van der Waals surface area (Å²) in [5.41, 5.74) is 0.545. The number of likely N-dealkylation sites (tertiary alicyclic amines) is 1. The highest BCUT2D eigenvalue weighted by Crippen LogP contribution is 2.37. The number of halogens is 1. The Labute approximate surface area is 128 Å². The number of benzene rings is 1. The van der Waals surface area contributed by atoms with Crippen molar-refractivity contribution in [2.24, 2.45) is 0 Å². The molecule has 1 N–H and O–H groups in total. The lowest BCUT2D eigenvalue weighted by molar-refractivity contribution is 0.274. The number of hydrogen-bond acceptors (Lipinski definition) is 6. The number of nitrogens with zero attached hydrogens (tertiary/aromatic N) is 1. The SMILES string of the molecule is COc1ccc(F)cc1[C@H]1CCCN1C(=N)OS(=O)(=O)OC. The fourth-order valence-electron chi connectivity index (χ4n) is 2.48. The summed E-state index contributed by atoms with van der Waals surface area (Å²) in [6.07, 6.45) is 1.34. The molecule has 1 aromatic carbocycles. The molecular formula is C13H17FN2O5S. The maximum atomic E-state index is 13.5. The Bertz CT molecular complexity index is 664. The van der Waals surface area contributed by atoms with E-state index in [9.17, 15) is 12.8 Å². The first-order valence-corrected chi connectivity index (χ1v) is 7.90. The predicted molar refractivity (Wildman–Crippen MR) is 76.4 cm³/mol. The minimum atomic E-state index is -4.26. The van der Waals surface area contributed by atoms with Crippen molar-refractivity contribution in [1.82, 2.24) is 4.90 Å². The lowest BCUT2D eigenvalue weighted by Crippen LogP contribution is -2.33. The Balaban J connectivity index is 2.28. The van der Waals surface area contributed by atoms with E-state index in [-0.39, 0.29) is 0 Å². The van der Waals surface area contributed by atoms with Crippen LogP contribution in [0.1, 0.15) is 24.4 Å². The summed E-state index contributed by atoms with van der Waals surface area (Å²) in [5.74, 6) is 0.0420. The minimum Gasteiger partial charge on any atom is -0.496 e. The number of hydrogen-bond donors (Lipinski definition) is 1. The summed E-state index contributed by atoms with van der Waals surface area (Å²) in [4.78, 5) is 1.44. The van der Waals surface area contributed by atoms with Crippen LogP contribution in [0.5, 0.6) is 5.75 Å². The molecule has 1 aliphatic rings. The third kappa shape index (κ3) is 3.47. The van der Waals surface area contributed by atoms with E-state index in [4.69, 9.17) is 10.1 Å². The molecular weight excluding hydrogens is 315 g/mol. The predicted octanol–water partition coefficient (Wildman–Crippen LogP) is 1.81. The largest absolute Gasteiger partial charge is 0.496 e. The molecule has 22 heavy (non-hydrogen) atoms. The van der Waals surface area contributed by atoms with Gasteiger partial charge in [0.15, 0.2) is 0 Å². The Morgan fingerprint density at radius 2 is 2.14 bits per heavy atom. The van der Waals surface area contributed by atoms with E-state index in [1.807, 2.05) is 0 Å². The fraction of sp³-hybridized carbons (Fsp3) is 0.462. The lowest BCUT2D eigenvalue weighted by atomic mass is 10.0. The van der Waals surface area contributed by atoms with E-state index in [2.05, 4.69) is 8.37 Å². The van der Waals surface area contributed by atoms with Gasteiger partial charge in [-0.05, 0) is 31.0 Å². The Kier molecular flexibility index (Phi) is 4.87. The van der Waals surface area contributed by atoms with Crippen LogP contribution in [-0.2, 0) is 18.8 Å². The van der Waals surface area contributed by atoms with E-state index >= 15 is 0 Å². The topological polar surface area (TPSA) is 88.9 Å². The van der Waals surface area contributed by atoms with Crippen molar-refractivity contribution in [3.8, 4) is 5.75 Å². The molecule has 9 heteroatoms. The zero-order valence-corrected chi connectivity index (χ0v) is 13.0. The van der Waals surface area contributed by atoms with Crippen molar-refractivity contribution in [2.45, 2.75) is 18.9 Å². The second-order valence-corrected chi connectivity index (χ2v) is 6.02. The summed E-state index contributed by atoms with van der Waals surface area (Å²) >= 11 is 0. The van der Waals surface area contributed by atoms with Crippen LogP contribution >= 0.6 is 0 Å². The Morgan fingerprint density at radius 3 is 2.77 bits per heavy atom. The molecule has 0 bridgehead atoms. The summed E-state index contributed by atoms with van der Waals surface area (Å²) in [5, 5.41) is 7.82. The second kappa shape index (κ2) is 6.49. The van der Waals surface area contributed by atoms with Crippen LogP contribution in [0, 0.1) is 11.2 Å². The molecule has 1 fully saturated rings. The number of rotatable bonds is 4. The molecule has 1 saturated heterocycles. The van der Waals surface area contributed by atoms with Gasteiger partial charge < -0.3 is 13.8 Å². The molecule has 0 saturated carbocycles. The molecule has 1 atom stereocenters. The van der Waals surface area contributed by atoms with Crippen molar-refractivity contribution in [3.63, 3.8) is 0 Å². The Hall–Kier alpha value is -1.87. The van der Waals surface area contributed by atoms with E-state index < -0.39 is 28.3 Å².